The molecule has 1 aromatic heterocycles. The van der Waals surface area contributed by atoms with Crippen LogP contribution in [0.4, 0.5) is 5.69 Å². The summed E-state index contributed by atoms with van der Waals surface area (Å²) in [6.45, 7) is 9.88. The van der Waals surface area contributed by atoms with Gasteiger partial charge in [-0.05, 0) is 48.1 Å². The molecule has 0 aliphatic carbocycles. The van der Waals surface area contributed by atoms with Crippen LogP contribution >= 0.6 is 0 Å². The highest BCUT2D eigenvalue weighted by Gasteiger charge is 2.11. The standard InChI is InChI=1S/C22H22N2/c1-4-19-15(3)14-18(21(23)20(19)5-2)12-11-17-9-6-8-16-10-7-13-24-22(16)17/h4-10,13-14H,1-2,11-12,23H2,3H3. The molecule has 2 nitrogen and oxygen atoms in total. The molecule has 0 unspecified atom stereocenters. The lowest BCUT2D eigenvalue weighted by atomic mass is 9.92. The largest absolute Gasteiger partial charge is 0.398 e. The van der Waals surface area contributed by atoms with E-state index < -0.39 is 0 Å². The van der Waals surface area contributed by atoms with Crippen molar-refractivity contribution in [2.24, 2.45) is 0 Å². The molecule has 0 spiro atoms. The molecule has 120 valence electrons. The second-order valence-corrected chi connectivity index (χ2v) is 5.99. The van der Waals surface area contributed by atoms with E-state index in [4.69, 9.17) is 5.73 Å². The quantitative estimate of drug-likeness (QED) is 0.658. The molecule has 0 aliphatic rings. The number of nitrogens with zero attached hydrogens (tertiary/aromatic N) is 1. The van der Waals surface area contributed by atoms with Crippen LogP contribution in [-0.2, 0) is 12.8 Å². The van der Waals surface area contributed by atoms with Gasteiger partial charge in [-0.25, -0.2) is 0 Å². The predicted molar refractivity (Wildman–Crippen MR) is 105 cm³/mol. The molecule has 0 bridgehead atoms. The van der Waals surface area contributed by atoms with Crippen molar-refractivity contribution in [1.82, 2.24) is 4.98 Å². The zero-order chi connectivity index (χ0) is 17.1. The highest BCUT2D eigenvalue weighted by atomic mass is 14.6. The molecule has 2 aromatic carbocycles. The first kappa shape index (κ1) is 16.0. The number of nitrogens with two attached hydrogens (primary N) is 1. The average molecular weight is 314 g/mol. The second kappa shape index (κ2) is 6.71. The van der Waals surface area contributed by atoms with Crippen molar-refractivity contribution in [3.63, 3.8) is 0 Å². The number of aryl methyl sites for hydroxylation is 3. The zero-order valence-corrected chi connectivity index (χ0v) is 14.0. The molecule has 0 saturated carbocycles. The Hall–Kier alpha value is -2.87. The van der Waals surface area contributed by atoms with Crippen molar-refractivity contribution < 1.29 is 0 Å². The highest BCUT2D eigenvalue weighted by Crippen LogP contribution is 2.29. The first-order valence-corrected chi connectivity index (χ1v) is 8.15. The van der Waals surface area contributed by atoms with Gasteiger partial charge < -0.3 is 5.73 Å². The SMILES string of the molecule is C=Cc1c(C)cc(CCc2cccc3cccnc23)c(N)c1C=C. The number of pyridine rings is 1. The van der Waals surface area contributed by atoms with Crippen molar-refractivity contribution in [2.45, 2.75) is 19.8 Å². The lowest BCUT2D eigenvalue weighted by molar-refractivity contribution is 0.965. The van der Waals surface area contributed by atoms with E-state index >= 15 is 0 Å². The molecule has 0 aliphatic heterocycles. The van der Waals surface area contributed by atoms with Crippen molar-refractivity contribution in [1.29, 1.82) is 0 Å². The van der Waals surface area contributed by atoms with Crippen LogP contribution in [0, 0.1) is 6.92 Å². The van der Waals surface area contributed by atoms with Gasteiger partial charge in [0.15, 0.2) is 0 Å². The van der Waals surface area contributed by atoms with E-state index in [0.717, 1.165) is 40.7 Å². The maximum absolute atomic E-state index is 6.38. The highest BCUT2D eigenvalue weighted by molar-refractivity contribution is 5.82. The third-order valence-corrected chi connectivity index (χ3v) is 4.53. The topological polar surface area (TPSA) is 38.9 Å². The first-order chi connectivity index (χ1) is 11.7. The van der Waals surface area contributed by atoms with Gasteiger partial charge in [0, 0.05) is 22.8 Å². The fraction of sp³-hybridized carbons (Fsp3) is 0.136. The molecule has 2 heteroatoms. The van der Waals surface area contributed by atoms with Gasteiger partial charge in [0.2, 0.25) is 0 Å². The van der Waals surface area contributed by atoms with Crippen LogP contribution < -0.4 is 5.73 Å². The van der Waals surface area contributed by atoms with E-state index in [-0.39, 0.29) is 0 Å². The summed E-state index contributed by atoms with van der Waals surface area (Å²) in [4.78, 5) is 4.53. The van der Waals surface area contributed by atoms with E-state index in [1.807, 2.05) is 24.4 Å². The number of para-hydroxylation sites is 1. The molecule has 0 radical (unpaired) electrons. The molecular formula is C22H22N2. The normalized spacial score (nSPS) is 10.7. The molecule has 0 fully saturated rings. The first-order valence-electron chi connectivity index (χ1n) is 8.15. The minimum atomic E-state index is 0.804. The van der Waals surface area contributed by atoms with Gasteiger partial charge in [-0.1, -0.05) is 55.6 Å². The Balaban J connectivity index is 1.96. The van der Waals surface area contributed by atoms with Gasteiger partial charge in [-0.2, -0.15) is 0 Å². The Morgan fingerprint density at radius 2 is 1.71 bits per heavy atom. The summed E-state index contributed by atoms with van der Waals surface area (Å²) >= 11 is 0. The number of hydrogen-bond acceptors (Lipinski definition) is 2. The van der Waals surface area contributed by atoms with Crippen LogP contribution in [0.1, 0.15) is 27.8 Å². The molecule has 1 heterocycles. The number of hydrogen-bond donors (Lipinski definition) is 1. The van der Waals surface area contributed by atoms with Gasteiger partial charge >= 0.3 is 0 Å². The third-order valence-electron chi connectivity index (χ3n) is 4.53. The number of fused-ring (bicyclic) bond motifs is 1. The van der Waals surface area contributed by atoms with E-state index in [1.54, 1.807) is 0 Å². The van der Waals surface area contributed by atoms with Gasteiger partial charge in [-0.15, -0.1) is 0 Å². The summed E-state index contributed by atoms with van der Waals surface area (Å²) < 4.78 is 0. The maximum Gasteiger partial charge on any atom is 0.0733 e. The van der Waals surface area contributed by atoms with E-state index in [0.29, 0.717) is 0 Å². The lowest BCUT2D eigenvalue weighted by Crippen LogP contribution is -2.03. The van der Waals surface area contributed by atoms with Crippen molar-refractivity contribution in [3.05, 3.63) is 83.6 Å². The molecule has 3 rings (SSSR count). The Labute approximate surface area is 143 Å². The van der Waals surface area contributed by atoms with E-state index in [9.17, 15) is 0 Å². The minimum Gasteiger partial charge on any atom is -0.398 e. The van der Waals surface area contributed by atoms with E-state index in [1.165, 1.54) is 16.5 Å². The van der Waals surface area contributed by atoms with Crippen molar-refractivity contribution in [3.8, 4) is 0 Å². The fourth-order valence-electron chi connectivity index (χ4n) is 3.28. The fourth-order valence-corrected chi connectivity index (χ4v) is 3.28. The molecule has 0 atom stereocenters. The number of nitrogen functional groups attached to an aromatic ring is 1. The van der Waals surface area contributed by atoms with Gasteiger partial charge in [-0.3, -0.25) is 4.98 Å². The summed E-state index contributed by atoms with van der Waals surface area (Å²) in [5.74, 6) is 0. The Bertz CT molecular complexity index is 917. The monoisotopic (exact) mass is 314 g/mol. The van der Waals surface area contributed by atoms with Gasteiger partial charge in [0.05, 0.1) is 5.52 Å². The Morgan fingerprint density at radius 1 is 1.00 bits per heavy atom. The summed E-state index contributed by atoms with van der Waals surface area (Å²) in [6.07, 6.45) is 7.30. The molecule has 0 amide bonds. The second-order valence-electron chi connectivity index (χ2n) is 5.99. The molecule has 0 saturated heterocycles. The van der Waals surface area contributed by atoms with Crippen LogP contribution in [0.25, 0.3) is 23.1 Å². The van der Waals surface area contributed by atoms with Crippen molar-refractivity contribution >= 4 is 28.7 Å². The number of aromatic nitrogens is 1. The summed E-state index contributed by atoms with van der Waals surface area (Å²) in [6, 6.07) is 12.6. The smallest absolute Gasteiger partial charge is 0.0733 e. The molecule has 2 N–H and O–H groups in total. The maximum atomic E-state index is 6.38. The van der Waals surface area contributed by atoms with Crippen LogP contribution in [0.3, 0.4) is 0 Å². The van der Waals surface area contributed by atoms with Gasteiger partial charge in [0.25, 0.3) is 0 Å². The third kappa shape index (κ3) is 2.83. The zero-order valence-electron chi connectivity index (χ0n) is 14.0. The summed E-state index contributed by atoms with van der Waals surface area (Å²) in [5, 5.41) is 1.17. The van der Waals surface area contributed by atoms with Crippen LogP contribution in [0.5, 0.6) is 0 Å². The number of rotatable bonds is 5. The summed E-state index contributed by atoms with van der Waals surface area (Å²) in [7, 11) is 0. The molecule has 3 aromatic rings. The molecule has 24 heavy (non-hydrogen) atoms. The van der Waals surface area contributed by atoms with Crippen LogP contribution in [0.15, 0.2) is 55.8 Å². The lowest BCUT2D eigenvalue weighted by Gasteiger charge is -2.15. The van der Waals surface area contributed by atoms with Crippen LogP contribution in [-0.4, -0.2) is 4.98 Å². The van der Waals surface area contributed by atoms with E-state index in [2.05, 4.69) is 55.4 Å². The number of anilines is 1. The molecular weight excluding hydrogens is 292 g/mol. The minimum absolute atomic E-state index is 0.804. The van der Waals surface area contributed by atoms with Crippen molar-refractivity contribution in [2.75, 3.05) is 5.73 Å². The Morgan fingerprint density at radius 3 is 2.46 bits per heavy atom. The average Bonchev–Trinajstić information content (AvgIpc) is 2.61. The van der Waals surface area contributed by atoms with Crippen LogP contribution in [0.2, 0.25) is 0 Å². The predicted octanol–water partition coefficient (Wildman–Crippen LogP) is 5.20. The Kier molecular flexibility index (Phi) is 4.48. The summed E-state index contributed by atoms with van der Waals surface area (Å²) in [5.41, 5.74) is 13.9. The van der Waals surface area contributed by atoms with Gasteiger partial charge in [0.1, 0.15) is 0 Å². The number of benzene rings is 2.